The second-order valence-electron chi connectivity index (χ2n) is 8.34. The molecule has 0 amide bonds. The van der Waals surface area contributed by atoms with Gasteiger partial charge >= 0.3 is 7.60 Å². The Balaban J connectivity index is 1.45. The SMILES string of the molecule is O=P(O)(O)C(CO)OC[C@H]1OC[C@@H](c2ccc3c(NC4CCCC4)nc(Cl)nn23)C[C@@H]1O. The first kappa shape index (κ1) is 23.8. The molecule has 1 saturated carbocycles. The van der Waals surface area contributed by atoms with Crippen molar-refractivity contribution in [3.8, 4) is 0 Å². The number of aliphatic hydroxyl groups is 2. The Morgan fingerprint density at radius 1 is 1.34 bits per heavy atom. The molecule has 13 heteroatoms. The van der Waals surface area contributed by atoms with Gasteiger partial charge in [-0.2, -0.15) is 4.98 Å². The van der Waals surface area contributed by atoms with E-state index in [0.717, 1.165) is 24.1 Å². The summed E-state index contributed by atoms with van der Waals surface area (Å²) in [5.41, 5.74) is 1.62. The lowest BCUT2D eigenvalue weighted by Gasteiger charge is -2.33. The van der Waals surface area contributed by atoms with Crippen molar-refractivity contribution in [2.75, 3.05) is 25.1 Å². The lowest BCUT2D eigenvalue weighted by atomic mass is 9.93. The van der Waals surface area contributed by atoms with Crippen LogP contribution in [0.15, 0.2) is 12.1 Å². The van der Waals surface area contributed by atoms with Crippen molar-refractivity contribution in [2.24, 2.45) is 0 Å². The van der Waals surface area contributed by atoms with Crippen LogP contribution >= 0.6 is 19.2 Å². The van der Waals surface area contributed by atoms with E-state index in [4.69, 9.17) is 36.0 Å². The number of aromatic nitrogens is 3. The zero-order valence-electron chi connectivity index (χ0n) is 17.4. The molecule has 1 aliphatic heterocycles. The fourth-order valence-corrected chi connectivity index (χ4v) is 5.01. The first-order valence-electron chi connectivity index (χ1n) is 10.7. The van der Waals surface area contributed by atoms with Gasteiger partial charge in [0.1, 0.15) is 11.6 Å². The number of fused-ring (bicyclic) bond motifs is 1. The normalized spacial score (nSPS) is 26.0. The lowest BCUT2D eigenvalue weighted by Crippen LogP contribution is -2.42. The second kappa shape index (κ2) is 9.90. The molecule has 4 atom stereocenters. The Kier molecular flexibility index (Phi) is 7.38. The van der Waals surface area contributed by atoms with Crippen molar-refractivity contribution in [2.45, 2.75) is 62.1 Å². The summed E-state index contributed by atoms with van der Waals surface area (Å²) in [5.74, 6) is -1.14. The van der Waals surface area contributed by atoms with Gasteiger partial charge in [-0.15, -0.1) is 5.10 Å². The molecule has 0 spiro atoms. The van der Waals surface area contributed by atoms with Crippen molar-refractivity contribution in [3.05, 3.63) is 23.1 Å². The van der Waals surface area contributed by atoms with Crippen LogP contribution in [0.1, 0.15) is 43.7 Å². The van der Waals surface area contributed by atoms with Crippen molar-refractivity contribution in [1.82, 2.24) is 14.6 Å². The summed E-state index contributed by atoms with van der Waals surface area (Å²) in [4.78, 5) is 22.7. The fourth-order valence-electron chi connectivity index (χ4n) is 4.36. The van der Waals surface area contributed by atoms with Crippen LogP contribution in [0.5, 0.6) is 0 Å². The van der Waals surface area contributed by atoms with E-state index in [9.17, 15) is 9.67 Å². The van der Waals surface area contributed by atoms with Crippen LogP contribution in [-0.2, 0) is 14.0 Å². The fraction of sp³-hybridized carbons (Fsp3) is 0.684. The molecule has 0 radical (unpaired) electrons. The highest BCUT2D eigenvalue weighted by Gasteiger charge is 2.35. The molecule has 32 heavy (non-hydrogen) atoms. The van der Waals surface area contributed by atoms with E-state index >= 15 is 0 Å². The third kappa shape index (κ3) is 5.26. The average Bonchev–Trinajstić information content (AvgIpc) is 3.38. The predicted octanol–water partition coefficient (Wildman–Crippen LogP) is 1.48. The van der Waals surface area contributed by atoms with Gasteiger partial charge in [-0.3, -0.25) is 4.57 Å². The third-order valence-electron chi connectivity index (χ3n) is 6.08. The van der Waals surface area contributed by atoms with Gasteiger partial charge < -0.3 is 34.8 Å². The van der Waals surface area contributed by atoms with E-state index in [1.54, 1.807) is 4.52 Å². The van der Waals surface area contributed by atoms with E-state index in [2.05, 4.69) is 15.4 Å². The number of hydrogen-bond donors (Lipinski definition) is 5. The molecule has 2 fully saturated rings. The number of nitrogens with zero attached hydrogens (tertiary/aromatic N) is 3. The average molecular weight is 491 g/mol. The van der Waals surface area contributed by atoms with Gasteiger partial charge in [0.15, 0.2) is 11.7 Å². The van der Waals surface area contributed by atoms with Crippen molar-refractivity contribution in [3.63, 3.8) is 0 Å². The molecular weight excluding hydrogens is 463 g/mol. The molecule has 11 nitrogen and oxygen atoms in total. The summed E-state index contributed by atoms with van der Waals surface area (Å²) in [6.45, 7) is -0.823. The van der Waals surface area contributed by atoms with Crippen LogP contribution < -0.4 is 5.32 Å². The topological polar surface area (TPSA) is 159 Å². The van der Waals surface area contributed by atoms with Gasteiger partial charge in [-0.1, -0.05) is 12.8 Å². The summed E-state index contributed by atoms with van der Waals surface area (Å²) in [6, 6.07) is 4.18. The van der Waals surface area contributed by atoms with E-state index < -0.39 is 32.3 Å². The Morgan fingerprint density at radius 2 is 2.09 bits per heavy atom. The number of halogens is 1. The first-order valence-corrected chi connectivity index (χ1v) is 12.7. The molecule has 0 bridgehead atoms. The summed E-state index contributed by atoms with van der Waals surface area (Å²) >= 11 is 6.19. The monoisotopic (exact) mass is 490 g/mol. The van der Waals surface area contributed by atoms with Crippen LogP contribution in [0.4, 0.5) is 5.82 Å². The van der Waals surface area contributed by atoms with Gasteiger partial charge in [0.25, 0.3) is 0 Å². The molecule has 2 aromatic heterocycles. The second-order valence-corrected chi connectivity index (χ2v) is 10.4. The van der Waals surface area contributed by atoms with Crippen LogP contribution in [0.2, 0.25) is 5.28 Å². The predicted molar refractivity (Wildman–Crippen MR) is 116 cm³/mol. The maximum absolute atomic E-state index is 11.3. The Morgan fingerprint density at radius 3 is 2.75 bits per heavy atom. The first-order chi connectivity index (χ1) is 15.3. The number of nitrogens with one attached hydrogen (secondary N) is 1. The van der Waals surface area contributed by atoms with Crippen molar-refractivity contribution >= 4 is 30.5 Å². The number of ether oxygens (including phenoxy) is 2. The minimum absolute atomic E-state index is 0.117. The highest BCUT2D eigenvalue weighted by Crippen LogP contribution is 2.42. The van der Waals surface area contributed by atoms with E-state index in [1.165, 1.54) is 12.8 Å². The minimum Gasteiger partial charge on any atom is -0.393 e. The summed E-state index contributed by atoms with van der Waals surface area (Å²) in [5, 5.41) is 27.6. The quantitative estimate of drug-likeness (QED) is 0.343. The molecular formula is C19H28ClN4O7P. The smallest absolute Gasteiger partial charge is 0.356 e. The largest absolute Gasteiger partial charge is 0.393 e. The van der Waals surface area contributed by atoms with Crippen LogP contribution in [0.25, 0.3) is 5.52 Å². The molecule has 3 heterocycles. The highest BCUT2D eigenvalue weighted by molar-refractivity contribution is 7.52. The standard InChI is InChI=1S/C19H28ClN4O7P/c20-19-22-18(21-12-3-1-2-4-12)14-6-5-13(24(14)23-19)11-7-15(26)16(30-9-11)10-31-17(8-25)32(27,28)29/h5-6,11-12,15-17,25-26H,1-4,7-10H2,(H,21,22,23)(H2,27,28,29)/t11-,15-,16+,17?/m0/s1. The molecule has 1 aliphatic carbocycles. The number of rotatable bonds is 8. The number of hydrogen-bond acceptors (Lipinski definition) is 8. The van der Waals surface area contributed by atoms with Crippen LogP contribution in [0.3, 0.4) is 0 Å². The molecule has 2 aromatic rings. The maximum Gasteiger partial charge on any atom is 0.356 e. The third-order valence-corrected chi connectivity index (χ3v) is 7.30. The van der Waals surface area contributed by atoms with Gasteiger partial charge in [-0.05, 0) is 43.0 Å². The maximum atomic E-state index is 11.3. The zero-order valence-corrected chi connectivity index (χ0v) is 19.0. The summed E-state index contributed by atoms with van der Waals surface area (Å²) < 4.78 is 23.9. The minimum atomic E-state index is -4.61. The molecule has 1 unspecified atom stereocenters. The zero-order chi connectivity index (χ0) is 22.9. The molecule has 0 aromatic carbocycles. The van der Waals surface area contributed by atoms with E-state index in [0.29, 0.717) is 18.3 Å². The lowest BCUT2D eigenvalue weighted by molar-refractivity contribution is -0.123. The Labute approximate surface area is 189 Å². The summed E-state index contributed by atoms with van der Waals surface area (Å²) in [6.07, 6.45) is 3.20. The Hall–Kier alpha value is -1.30. The molecule has 4 rings (SSSR count). The summed E-state index contributed by atoms with van der Waals surface area (Å²) in [7, 11) is -4.61. The van der Waals surface area contributed by atoms with E-state index in [-0.39, 0.29) is 24.4 Å². The number of anilines is 1. The van der Waals surface area contributed by atoms with Crippen molar-refractivity contribution < 1.29 is 34.0 Å². The van der Waals surface area contributed by atoms with Gasteiger partial charge in [0.05, 0.1) is 25.9 Å². The molecule has 5 N–H and O–H groups in total. The molecule has 2 aliphatic rings. The van der Waals surface area contributed by atoms with Crippen LogP contribution in [-0.4, -0.2) is 78.5 Å². The van der Waals surface area contributed by atoms with Crippen molar-refractivity contribution in [1.29, 1.82) is 0 Å². The van der Waals surface area contributed by atoms with Gasteiger partial charge in [-0.25, -0.2) is 4.52 Å². The van der Waals surface area contributed by atoms with Gasteiger partial charge in [0.2, 0.25) is 5.28 Å². The molecule has 178 valence electrons. The highest BCUT2D eigenvalue weighted by atomic mass is 35.5. The number of aliphatic hydroxyl groups excluding tert-OH is 2. The molecule has 1 saturated heterocycles. The Bertz CT molecular complexity index is 980. The van der Waals surface area contributed by atoms with E-state index in [1.807, 2.05) is 12.1 Å². The van der Waals surface area contributed by atoms with Gasteiger partial charge in [0, 0.05) is 17.7 Å². The van der Waals surface area contributed by atoms with Crippen LogP contribution in [0, 0.1) is 0 Å².